The van der Waals surface area contributed by atoms with Crippen molar-refractivity contribution in [3.05, 3.63) is 40.8 Å². The average molecular weight is 250 g/mol. The number of hydrogen-bond acceptors (Lipinski definition) is 3. The van der Waals surface area contributed by atoms with Crippen LogP contribution in [0.5, 0.6) is 0 Å². The van der Waals surface area contributed by atoms with E-state index in [-0.39, 0.29) is 11.1 Å². The maximum absolute atomic E-state index is 11.7. The molecule has 68 valence electrons. The minimum absolute atomic E-state index is 0.144. The summed E-state index contributed by atoms with van der Waals surface area (Å²) in [5.74, 6) is 0. The number of rotatable bonds is 1. The van der Waals surface area contributed by atoms with Crippen LogP contribution in [0.2, 0.25) is 0 Å². The second-order valence-electron chi connectivity index (χ2n) is 2.65. The van der Waals surface area contributed by atoms with Gasteiger partial charge in [-0.25, -0.2) is 0 Å². The zero-order valence-corrected chi connectivity index (χ0v) is 8.77. The molecule has 0 fully saturated rings. The summed E-state index contributed by atoms with van der Waals surface area (Å²) < 4.78 is 7.66. The fourth-order valence-electron chi connectivity index (χ4n) is 1.19. The molecule has 0 spiro atoms. The van der Waals surface area contributed by atoms with Crippen LogP contribution in [0.3, 0.4) is 0 Å². The van der Waals surface area contributed by atoms with Gasteiger partial charge in [0.1, 0.15) is 0 Å². The van der Waals surface area contributed by atoms with Gasteiger partial charge in [0, 0.05) is 0 Å². The Morgan fingerprint density at radius 3 is 2.93 bits per heavy atom. The van der Waals surface area contributed by atoms with Crippen molar-refractivity contribution in [2.24, 2.45) is 4.99 Å². The molecule has 0 aliphatic carbocycles. The third-order valence-corrected chi connectivity index (χ3v) is 2.02. The molecule has 0 N–H and O–H groups in total. The Balaban J connectivity index is 2.88. The summed E-state index contributed by atoms with van der Waals surface area (Å²) in [5, 5.41) is 0.531. The van der Waals surface area contributed by atoms with Gasteiger partial charge in [0.05, 0.1) is 0 Å². The first kappa shape index (κ1) is 9.10. The Bertz CT molecular complexity index is 582. The molecule has 1 heterocycles. The van der Waals surface area contributed by atoms with Gasteiger partial charge in [0.2, 0.25) is 0 Å². The maximum atomic E-state index is 11.7. The fraction of sp³-hybridized carbons (Fsp3) is 0. The van der Waals surface area contributed by atoms with Crippen LogP contribution in [0.15, 0.2) is 44.7 Å². The quantitative estimate of drug-likeness (QED) is 0.568. The molecular weight excluding hydrogens is 245 g/mol. The number of nitrogens with zero attached hydrogens (tertiary/aromatic N) is 1. The molecule has 0 aliphatic heterocycles. The molecule has 2 rings (SSSR count). The van der Waals surface area contributed by atoms with Gasteiger partial charge in [-0.15, -0.1) is 0 Å². The summed E-state index contributed by atoms with van der Waals surface area (Å²) in [7, 11) is 0. The van der Waals surface area contributed by atoms with Crippen molar-refractivity contribution >= 4 is 36.9 Å². The third kappa shape index (κ3) is 1.47. The van der Waals surface area contributed by atoms with Crippen LogP contribution in [0.25, 0.3) is 11.0 Å². The summed E-state index contributed by atoms with van der Waals surface area (Å²) in [5.41, 5.74) is 0.675. The predicted molar refractivity (Wildman–Crippen MR) is 55.3 cm³/mol. The summed E-state index contributed by atoms with van der Waals surface area (Å²) in [6.45, 7) is 0. The van der Waals surface area contributed by atoms with Gasteiger partial charge in [-0.3, -0.25) is 0 Å². The molecule has 0 radical (unpaired) electrons. The van der Waals surface area contributed by atoms with E-state index in [0.29, 0.717) is 11.0 Å². The molecule has 0 bridgehead atoms. The molecule has 0 amide bonds. The number of para-hydroxylation sites is 1. The molecule has 0 saturated carbocycles. The molecule has 0 saturated heterocycles. The molecule has 1 aromatic heterocycles. The number of benzene rings is 1. The van der Waals surface area contributed by atoms with E-state index in [2.05, 4.69) is 25.3 Å². The Labute approximate surface area is 87.4 Å². The minimum atomic E-state index is -0.144. The van der Waals surface area contributed by atoms with Crippen molar-refractivity contribution < 1.29 is 4.42 Å². The monoisotopic (exact) mass is 251 g/mol. The van der Waals surface area contributed by atoms with Crippen molar-refractivity contribution in [2.45, 2.75) is 0 Å². The van der Waals surface area contributed by atoms with E-state index in [9.17, 15) is 4.79 Å². The Morgan fingerprint density at radius 1 is 1.36 bits per heavy atom. The van der Waals surface area contributed by atoms with Crippen molar-refractivity contribution in [3.8, 4) is 0 Å². The zero-order valence-electron chi connectivity index (χ0n) is 7.06. The molecule has 1 aromatic carbocycles. The van der Waals surface area contributed by atoms with Crippen LogP contribution in [-0.2, 0) is 0 Å². The second-order valence-corrected chi connectivity index (χ2v) is 3.03. The molecule has 14 heavy (non-hydrogen) atoms. The van der Waals surface area contributed by atoms with E-state index in [4.69, 9.17) is 4.42 Å². The molecular formula is C10H5NO2Se. The normalized spacial score (nSPS) is 9.71. The first-order valence-electron chi connectivity index (χ1n) is 3.91. The van der Waals surface area contributed by atoms with Crippen LogP contribution in [0.4, 0.5) is 5.69 Å². The third-order valence-electron chi connectivity index (χ3n) is 1.83. The second kappa shape index (κ2) is 3.72. The average Bonchev–Trinajstić information content (AvgIpc) is 2.23. The SMILES string of the molecule is O=c1c(N=C=[Se])coc2ccccc12. The molecule has 0 aliphatic rings. The Morgan fingerprint density at radius 2 is 2.14 bits per heavy atom. The van der Waals surface area contributed by atoms with E-state index < -0.39 is 0 Å². The summed E-state index contributed by atoms with van der Waals surface area (Å²) in [4.78, 5) is 15.5. The van der Waals surface area contributed by atoms with Crippen LogP contribution < -0.4 is 5.43 Å². The molecule has 4 heteroatoms. The first-order valence-corrected chi connectivity index (χ1v) is 4.77. The van der Waals surface area contributed by atoms with Gasteiger partial charge >= 0.3 is 87.1 Å². The van der Waals surface area contributed by atoms with Gasteiger partial charge in [0.15, 0.2) is 0 Å². The van der Waals surface area contributed by atoms with Crippen LogP contribution in [-0.4, -0.2) is 20.3 Å². The number of fused-ring (bicyclic) bond motifs is 1. The van der Waals surface area contributed by atoms with E-state index >= 15 is 0 Å². The fourth-order valence-corrected chi connectivity index (χ4v) is 1.40. The van der Waals surface area contributed by atoms with Crippen molar-refractivity contribution in [1.82, 2.24) is 0 Å². The van der Waals surface area contributed by atoms with Gasteiger partial charge in [0.25, 0.3) is 0 Å². The van der Waals surface area contributed by atoms with E-state index in [0.717, 1.165) is 0 Å². The number of hydrogen-bond donors (Lipinski definition) is 0. The predicted octanol–water partition coefficient (Wildman–Crippen LogP) is 1.50. The molecule has 3 nitrogen and oxygen atoms in total. The first-order chi connectivity index (χ1) is 6.83. The van der Waals surface area contributed by atoms with Crippen LogP contribution in [0.1, 0.15) is 0 Å². The van der Waals surface area contributed by atoms with E-state index in [1.807, 2.05) is 6.07 Å². The van der Waals surface area contributed by atoms with Crippen molar-refractivity contribution in [2.75, 3.05) is 0 Å². The summed E-state index contributed by atoms with van der Waals surface area (Å²) in [6, 6.07) is 7.05. The Kier molecular flexibility index (Phi) is 2.42. The van der Waals surface area contributed by atoms with Crippen LogP contribution >= 0.6 is 0 Å². The van der Waals surface area contributed by atoms with Crippen molar-refractivity contribution in [1.29, 1.82) is 0 Å². The summed E-state index contributed by atoms with van der Waals surface area (Å²) in [6.07, 6.45) is 1.33. The Hall–Kier alpha value is -1.47. The van der Waals surface area contributed by atoms with E-state index in [1.54, 1.807) is 18.2 Å². The van der Waals surface area contributed by atoms with Gasteiger partial charge in [-0.2, -0.15) is 0 Å². The van der Waals surface area contributed by atoms with Gasteiger partial charge in [-0.05, 0) is 0 Å². The van der Waals surface area contributed by atoms with Crippen LogP contribution in [0, 0.1) is 0 Å². The summed E-state index contributed by atoms with van der Waals surface area (Å²) >= 11 is 2.47. The van der Waals surface area contributed by atoms with Gasteiger partial charge < -0.3 is 0 Å². The standard InChI is InChI=1S/C10H5NO2Se/c12-10-7-3-1-2-4-9(7)13-5-8(10)11-6-14/h1-5H. The van der Waals surface area contributed by atoms with E-state index in [1.165, 1.54) is 6.26 Å². The van der Waals surface area contributed by atoms with Crippen molar-refractivity contribution in [3.63, 3.8) is 0 Å². The molecule has 0 unspecified atom stereocenters. The topological polar surface area (TPSA) is 42.6 Å². The molecule has 2 aromatic rings. The zero-order chi connectivity index (χ0) is 9.97. The number of aliphatic imine (C=N–C) groups is 1. The van der Waals surface area contributed by atoms with Gasteiger partial charge in [-0.1, -0.05) is 0 Å². The molecule has 0 atom stereocenters.